The first-order valence-electron chi connectivity index (χ1n) is 6.91. The molecule has 1 aliphatic rings. The number of hydrogen-bond acceptors (Lipinski definition) is 4. The molecule has 1 aliphatic heterocycles. The van der Waals surface area contributed by atoms with Gasteiger partial charge in [-0.3, -0.25) is 9.59 Å². The van der Waals surface area contributed by atoms with Crippen LogP contribution in [-0.4, -0.2) is 49.3 Å². The molecule has 0 aromatic heterocycles. The molecule has 1 rings (SSSR count). The lowest BCUT2D eigenvalue weighted by Crippen LogP contribution is -2.33. The first-order chi connectivity index (χ1) is 9.09. The smallest absolute Gasteiger partial charge is 0.306 e. The van der Waals surface area contributed by atoms with Gasteiger partial charge in [-0.25, -0.2) is 0 Å². The lowest BCUT2D eigenvalue weighted by molar-refractivity contribution is -0.141. The summed E-state index contributed by atoms with van der Waals surface area (Å²) >= 11 is 0. The van der Waals surface area contributed by atoms with Crippen LogP contribution in [0.2, 0.25) is 0 Å². The zero-order chi connectivity index (χ0) is 14.1. The lowest BCUT2D eigenvalue weighted by Gasteiger charge is -2.22. The normalized spacial score (nSPS) is 17.9. The largest absolute Gasteiger partial charge is 0.481 e. The molecular weight excluding hydrogens is 248 g/mol. The molecule has 0 radical (unpaired) electrons. The van der Waals surface area contributed by atoms with Gasteiger partial charge in [-0.05, 0) is 32.4 Å². The molecule has 0 aliphatic carbocycles. The SMILES string of the molecule is CC(CCNC(=O)CCOC1CCNCC1)C(=O)O. The number of nitrogens with one attached hydrogen (secondary N) is 2. The fraction of sp³-hybridized carbons (Fsp3) is 0.846. The molecule has 19 heavy (non-hydrogen) atoms. The maximum absolute atomic E-state index is 11.5. The molecule has 1 heterocycles. The van der Waals surface area contributed by atoms with Gasteiger partial charge in [-0.2, -0.15) is 0 Å². The minimum absolute atomic E-state index is 0.0773. The highest BCUT2D eigenvalue weighted by atomic mass is 16.5. The minimum atomic E-state index is -0.830. The summed E-state index contributed by atoms with van der Waals surface area (Å²) in [4.78, 5) is 22.1. The monoisotopic (exact) mass is 272 g/mol. The average molecular weight is 272 g/mol. The van der Waals surface area contributed by atoms with Gasteiger partial charge in [0.1, 0.15) is 0 Å². The van der Waals surface area contributed by atoms with Crippen LogP contribution >= 0.6 is 0 Å². The van der Waals surface area contributed by atoms with Crippen LogP contribution in [0.1, 0.15) is 32.6 Å². The molecule has 1 amide bonds. The summed E-state index contributed by atoms with van der Waals surface area (Å²) in [6, 6.07) is 0. The quantitative estimate of drug-likeness (QED) is 0.594. The van der Waals surface area contributed by atoms with Gasteiger partial charge in [0.05, 0.1) is 18.6 Å². The standard InChI is InChI=1S/C13H24N2O4/c1-10(13(17)18)2-8-15-12(16)5-9-19-11-3-6-14-7-4-11/h10-11,14H,2-9H2,1H3,(H,15,16)(H,17,18). The van der Waals surface area contributed by atoms with Crippen LogP contribution in [0.4, 0.5) is 0 Å². The van der Waals surface area contributed by atoms with Crippen molar-refractivity contribution in [1.29, 1.82) is 0 Å². The van der Waals surface area contributed by atoms with Gasteiger partial charge in [0.2, 0.25) is 5.91 Å². The third kappa shape index (κ3) is 7.12. The van der Waals surface area contributed by atoms with E-state index in [0.29, 0.717) is 26.0 Å². The second-order valence-corrected chi connectivity index (χ2v) is 4.95. The van der Waals surface area contributed by atoms with Gasteiger partial charge >= 0.3 is 5.97 Å². The number of carbonyl (C=O) groups is 2. The summed E-state index contributed by atoms with van der Waals surface area (Å²) in [6.07, 6.45) is 3.05. The Morgan fingerprint density at radius 3 is 2.74 bits per heavy atom. The maximum atomic E-state index is 11.5. The number of amides is 1. The molecule has 6 nitrogen and oxygen atoms in total. The van der Waals surface area contributed by atoms with Crippen LogP contribution in [0, 0.1) is 5.92 Å². The molecule has 3 N–H and O–H groups in total. The number of piperidine rings is 1. The van der Waals surface area contributed by atoms with E-state index in [9.17, 15) is 9.59 Å². The van der Waals surface area contributed by atoms with Gasteiger partial charge in [0, 0.05) is 13.0 Å². The number of carbonyl (C=O) groups excluding carboxylic acids is 1. The number of ether oxygens (including phenoxy) is 1. The van der Waals surface area contributed by atoms with Crippen molar-refractivity contribution in [3.63, 3.8) is 0 Å². The van der Waals surface area contributed by atoms with Gasteiger partial charge in [-0.1, -0.05) is 6.92 Å². The second kappa shape index (κ2) is 8.87. The summed E-state index contributed by atoms with van der Waals surface area (Å²) in [7, 11) is 0. The van der Waals surface area contributed by atoms with E-state index in [-0.39, 0.29) is 12.0 Å². The molecule has 1 fully saturated rings. The third-order valence-corrected chi connectivity index (χ3v) is 3.29. The topological polar surface area (TPSA) is 87.7 Å². The highest BCUT2D eigenvalue weighted by Gasteiger charge is 2.14. The van der Waals surface area contributed by atoms with Crippen LogP contribution in [0.25, 0.3) is 0 Å². The Morgan fingerprint density at radius 2 is 2.11 bits per heavy atom. The van der Waals surface area contributed by atoms with E-state index in [1.807, 2.05) is 0 Å². The van der Waals surface area contributed by atoms with Gasteiger partial charge in [0.25, 0.3) is 0 Å². The molecule has 6 heteroatoms. The second-order valence-electron chi connectivity index (χ2n) is 4.95. The molecule has 1 saturated heterocycles. The van der Waals surface area contributed by atoms with Gasteiger partial charge in [-0.15, -0.1) is 0 Å². The number of aliphatic carboxylic acids is 1. The zero-order valence-electron chi connectivity index (χ0n) is 11.5. The van der Waals surface area contributed by atoms with Crippen molar-refractivity contribution in [3.8, 4) is 0 Å². The Labute approximate surface area is 113 Å². The Hall–Kier alpha value is -1.14. The Bertz CT molecular complexity index is 290. The molecule has 0 aromatic rings. The summed E-state index contributed by atoms with van der Waals surface area (Å²) in [5.41, 5.74) is 0. The van der Waals surface area contributed by atoms with Crippen LogP contribution < -0.4 is 10.6 Å². The zero-order valence-corrected chi connectivity index (χ0v) is 11.5. The molecule has 110 valence electrons. The molecule has 0 spiro atoms. The fourth-order valence-corrected chi connectivity index (χ4v) is 1.92. The van der Waals surface area contributed by atoms with Crippen molar-refractivity contribution in [1.82, 2.24) is 10.6 Å². The first kappa shape index (κ1) is 15.9. The number of carboxylic acids is 1. The van der Waals surface area contributed by atoms with Crippen LogP contribution in [0.5, 0.6) is 0 Å². The Balaban J connectivity index is 1.99. The average Bonchev–Trinajstić information content (AvgIpc) is 2.39. The lowest BCUT2D eigenvalue weighted by atomic mass is 10.1. The van der Waals surface area contributed by atoms with E-state index in [2.05, 4.69) is 10.6 Å². The predicted molar refractivity (Wildman–Crippen MR) is 70.9 cm³/mol. The minimum Gasteiger partial charge on any atom is -0.481 e. The molecule has 0 aromatic carbocycles. The summed E-state index contributed by atoms with van der Waals surface area (Å²) < 4.78 is 5.62. The van der Waals surface area contributed by atoms with E-state index >= 15 is 0 Å². The van der Waals surface area contributed by atoms with E-state index in [1.165, 1.54) is 0 Å². The summed E-state index contributed by atoms with van der Waals surface area (Å²) in [5.74, 6) is -1.33. The molecule has 0 bridgehead atoms. The van der Waals surface area contributed by atoms with E-state index in [4.69, 9.17) is 9.84 Å². The summed E-state index contributed by atoms with van der Waals surface area (Å²) in [6.45, 7) is 4.42. The first-order valence-corrected chi connectivity index (χ1v) is 6.91. The van der Waals surface area contributed by atoms with Gasteiger partial charge < -0.3 is 20.5 Å². The predicted octanol–water partition coefficient (Wildman–Crippen LogP) is 0.372. The maximum Gasteiger partial charge on any atom is 0.306 e. The van der Waals surface area contributed by atoms with Crippen molar-refractivity contribution < 1.29 is 19.4 Å². The van der Waals surface area contributed by atoms with Crippen molar-refractivity contribution in [2.45, 2.75) is 38.7 Å². The molecular formula is C13H24N2O4. The van der Waals surface area contributed by atoms with E-state index in [0.717, 1.165) is 25.9 Å². The van der Waals surface area contributed by atoms with Crippen LogP contribution in [-0.2, 0) is 14.3 Å². The van der Waals surface area contributed by atoms with Gasteiger partial charge in [0.15, 0.2) is 0 Å². The number of carboxylic acid groups (broad SMARTS) is 1. The van der Waals surface area contributed by atoms with Crippen molar-refractivity contribution in [2.75, 3.05) is 26.2 Å². The van der Waals surface area contributed by atoms with E-state index < -0.39 is 11.9 Å². The number of hydrogen-bond donors (Lipinski definition) is 3. The Morgan fingerprint density at radius 1 is 1.42 bits per heavy atom. The molecule has 0 saturated carbocycles. The van der Waals surface area contributed by atoms with Crippen molar-refractivity contribution >= 4 is 11.9 Å². The molecule has 1 unspecified atom stereocenters. The van der Waals surface area contributed by atoms with Crippen LogP contribution in [0.15, 0.2) is 0 Å². The van der Waals surface area contributed by atoms with Crippen molar-refractivity contribution in [3.05, 3.63) is 0 Å². The Kier molecular flexibility index (Phi) is 7.43. The highest BCUT2D eigenvalue weighted by Crippen LogP contribution is 2.07. The highest BCUT2D eigenvalue weighted by molar-refractivity contribution is 5.76. The summed E-state index contributed by atoms with van der Waals surface area (Å²) in [5, 5.41) is 14.7. The van der Waals surface area contributed by atoms with Crippen LogP contribution in [0.3, 0.4) is 0 Å². The molecule has 1 atom stereocenters. The van der Waals surface area contributed by atoms with E-state index in [1.54, 1.807) is 6.92 Å². The third-order valence-electron chi connectivity index (χ3n) is 3.29. The number of rotatable bonds is 8. The van der Waals surface area contributed by atoms with Crippen molar-refractivity contribution in [2.24, 2.45) is 5.92 Å². The fourth-order valence-electron chi connectivity index (χ4n) is 1.92.